The second kappa shape index (κ2) is 7.59. The molecule has 21 heavy (non-hydrogen) atoms. The average Bonchev–Trinajstić information content (AvgIpc) is 2.56. The van der Waals surface area contributed by atoms with Gasteiger partial charge in [0.15, 0.2) is 0 Å². The number of rotatable bonds is 7. The van der Waals surface area contributed by atoms with Crippen molar-refractivity contribution in [1.29, 1.82) is 0 Å². The number of nitrogens with one attached hydrogen (secondary N) is 1. The number of methoxy groups -OCH3 is 2. The molecule has 5 heteroatoms. The standard InChI is InChI=1S/C16H21N3O2/c1-4-8-17-15(16-18-9-5-10-19-16)13-11-12(20-2)6-7-14(13)21-3/h5-7,9-11,15,17H,4,8H2,1-3H3. The lowest BCUT2D eigenvalue weighted by Gasteiger charge is -2.20. The van der Waals surface area contributed by atoms with Crippen molar-refractivity contribution >= 4 is 0 Å². The maximum Gasteiger partial charge on any atom is 0.149 e. The zero-order chi connectivity index (χ0) is 15.1. The van der Waals surface area contributed by atoms with Crippen molar-refractivity contribution in [2.75, 3.05) is 20.8 Å². The number of benzene rings is 1. The fourth-order valence-corrected chi connectivity index (χ4v) is 2.15. The van der Waals surface area contributed by atoms with Crippen molar-refractivity contribution in [3.63, 3.8) is 0 Å². The first-order chi connectivity index (χ1) is 10.3. The maximum atomic E-state index is 5.48. The van der Waals surface area contributed by atoms with E-state index in [1.165, 1.54) is 0 Å². The van der Waals surface area contributed by atoms with Gasteiger partial charge < -0.3 is 14.8 Å². The van der Waals surface area contributed by atoms with E-state index in [9.17, 15) is 0 Å². The first kappa shape index (κ1) is 15.3. The molecular weight excluding hydrogens is 266 g/mol. The third-order valence-electron chi connectivity index (χ3n) is 3.19. The number of hydrogen-bond acceptors (Lipinski definition) is 5. The van der Waals surface area contributed by atoms with E-state index in [4.69, 9.17) is 9.47 Å². The summed E-state index contributed by atoms with van der Waals surface area (Å²) in [6, 6.07) is 7.42. The molecule has 0 saturated carbocycles. The summed E-state index contributed by atoms with van der Waals surface area (Å²) in [5.41, 5.74) is 0.969. The quantitative estimate of drug-likeness (QED) is 0.848. The fraction of sp³-hybridized carbons (Fsp3) is 0.375. The van der Waals surface area contributed by atoms with Gasteiger partial charge in [-0.2, -0.15) is 0 Å². The van der Waals surface area contributed by atoms with Gasteiger partial charge in [-0.15, -0.1) is 0 Å². The Morgan fingerprint density at radius 2 is 1.90 bits per heavy atom. The third-order valence-corrected chi connectivity index (χ3v) is 3.19. The maximum absolute atomic E-state index is 5.48. The molecule has 1 aromatic carbocycles. The molecule has 0 fully saturated rings. The minimum atomic E-state index is -0.129. The second-order valence-electron chi connectivity index (χ2n) is 4.60. The highest BCUT2D eigenvalue weighted by molar-refractivity contribution is 5.44. The molecule has 1 heterocycles. The number of aromatic nitrogens is 2. The molecule has 1 aromatic heterocycles. The molecule has 0 aliphatic heterocycles. The van der Waals surface area contributed by atoms with Crippen LogP contribution in [-0.2, 0) is 0 Å². The molecule has 5 nitrogen and oxygen atoms in total. The molecule has 112 valence electrons. The molecule has 0 amide bonds. The molecule has 1 N–H and O–H groups in total. The lowest BCUT2D eigenvalue weighted by atomic mass is 10.0. The van der Waals surface area contributed by atoms with Gasteiger partial charge in [0, 0.05) is 18.0 Å². The van der Waals surface area contributed by atoms with Crippen LogP contribution in [-0.4, -0.2) is 30.7 Å². The molecule has 0 saturated heterocycles. The van der Waals surface area contributed by atoms with E-state index in [1.807, 2.05) is 24.3 Å². The molecule has 0 aliphatic carbocycles. The molecule has 0 bridgehead atoms. The van der Waals surface area contributed by atoms with Gasteiger partial charge in [-0.25, -0.2) is 9.97 Å². The Morgan fingerprint density at radius 3 is 2.52 bits per heavy atom. The van der Waals surface area contributed by atoms with Crippen LogP contribution in [0.5, 0.6) is 11.5 Å². The predicted molar refractivity (Wildman–Crippen MR) is 81.7 cm³/mol. The highest BCUT2D eigenvalue weighted by atomic mass is 16.5. The summed E-state index contributed by atoms with van der Waals surface area (Å²) >= 11 is 0. The van der Waals surface area contributed by atoms with E-state index in [-0.39, 0.29) is 6.04 Å². The second-order valence-corrected chi connectivity index (χ2v) is 4.60. The van der Waals surface area contributed by atoms with Crippen LogP contribution in [0.15, 0.2) is 36.7 Å². The van der Waals surface area contributed by atoms with Crippen LogP contribution in [0, 0.1) is 0 Å². The van der Waals surface area contributed by atoms with E-state index in [0.29, 0.717) is 0 Å². The van der Waals surface area contributed by atoms with Crippen molar-refractivity contribution in [2.45, 2.75) is 19.4 Å². The van der Waals surface area contributed by atoms with E-state index >= 15 is 0 Å². The summed E-state index contributed by atoms with van der Waals surface area (Å²) in [4.78, 5) is 8.74. The SMILES string of the molecule is CCCNC(c1ncccn1)c1cc(OC)ccc1OC. The molecule has 1 unspecified atom stereocenters. The van der Waals surface area contributed by atoms with Gasteiger partial charge in [-0.1, -0.05) is 6.92 Å². The van der Waals surface area contributed by atoms with Crippen molar-refractivity contribution < 1.29 is 9.47 Å². The lowest BCUT2D eigenvalue weighted by Crippen LogP contribution is -2.25. The first-order valence-electron chi connectivity index (χ1n) is 7.02. The zero-order valence-electron chi connectivity index (χ0n) is 12.7. The van der Waals surface area contributed by atoms with Gasteiger partial charge >= 0.3 is 0 Å². The monoisotopic (exact) mass is 287 g/mol. The first-order valence-corrected chi connectivity index (χ1v) is 7.02. The zero-order valence-corrected chi connectivity index (χ0v) is 12.7. The summed E-state index contributed by atoms with van der Waals surface area (Å²) in [6.07, 6.45) is 4.51. The van der Waals surface area contributed by atoms with E-state index in [0.717, 1.165) is 35.9 Å². The smallest absolute Gasteiger partial charge is 0.149 e. The van der Waals surface area contributed by atoms with Gasteiger partial charge in [-0.05, 0) is 37.2 Å². The summed E-state index contributed by atoms with van der Waals surface area (Å²) in [6.45, 7) is 2.99. The van der Waals surface area contributed by atoms with Gasteiger partial charge in [0.05, 0.1) is 20.3 Å². The molecule has 2 aromatic rings. The molecular formula is C16H21N3O2. The Balaban J connectivity index is 2.44. The van der Waals surface area contributed by atoms with Crippen molar-refractivity contribution in [3.05, 3.63) is 48.0 Å². The lowest BCUT2D eigenvalue weighted by molar-refractivity contribution is 0.392. The van der Waals surface area contributed by atoms with Crippen molar-refractivity contribution in [2.24, 2.45) is 0 Å². The Morgan fingerprint density at radius 1 is 1.14 bits per heavy atom. The van der Waals surface area contributed by atoms with Crippen molar-refractivity contribution in [1.82, 2.24) is 15.3 Å². The average molecular weight is 287 g/mol. The Kier molecular flexibility index (Phi) is 5.51. The summed E-state index contributed by atoms with van der Waals surface area (Å²) in [5, 5.41) is 3.47. The van der Waals surface area contributed by atoms with Crippen LogP contribution in [0.4, 0.5) is 0 Å². The topological polar surface area (TPSA) is 56.3 Å². The minimum Gasteiger partial charge on any atom is -0.497 e. The third kappa shape index (κ3) is 3.70. The van der Waals surface area contributed by atoms with Gasteiger partial charge in [-0.3, -0.25) is 0 Å². The van der Waals surface area contributed by atoms with Gasteiger partial charge in [0.25, 0.3) is 0 Å². The van der Waals surface area contributed by atoms with Crippen LogP contribution in [0.1, 0.15) is 30.8 Å². The highest BCUT2D eigenvalue weighted by Crippen LogP contribution is 2.31. The molecule has 0 radical (unpaired) electrons. The van der Waals surface area contributed by atoms with E-state index in [2.05, 4.69) is 22.2 Å². The van der Waals surface area contributed by atoms with Crippen LogP contribution in [0.3, 0.4) is 0 Å². The van der Waals surface area contributed by atoms with E-state index < -0.39 is 0 Å². The highest BCUT2D eigenvalue weighted by Gasteiger charge is 2.20. The van der Waals surface area contributed by atoms with Gasteiger partial charge in [0.2, 0.25) is 0 Å². The van der Waals surface area contributed by atoms with Crippen LogP contribution < -0.4 is 14.8 Å². The summed E-state index contributed by atoms with van der Waals surface area (Å²) < 4.78 is 10.8. The molecule has 0 spiro atoms. The van der Waals surface area contributed by atoms with Crippen LogP contribution in [0.2, 0.25) is 0 Å². The Hall–Kier alpha value is -2.14. The summed E-state index contributed by atoms with van der Waals surface area (Å²) in [5.74, 6) is 2.29. The largest absolute Gasteiger partial charge is 0.497 e. The predicted octanol–water partition coefficient (Wildman–Crippen LogP) is 2.58. The Labute approximate surface area is 125 Å². The number of hydrogen-bond donors (Lipinski definition) is 1. The molecule has 2 rings (SSSR count). The van der Waals surface area contributed by atoms with Crippen LogP contribution in [0.25, 0.3) is 0 Å². The normalized spacial score (nSPS) is 12.0. The molecule has 0 aliphatic rings. The molecule has 1 atom stereocenters. The number of ether oxygens (including phenoxy) is 2. The summed E-state index contributed by atoms with van der Waals surface area (Å²) in [7, 11) is 3.31. The van der Waals surface area contributed by atoms with Crippen LogP contribution >= 0.6 is 0 Å². The van der Waals surface area contributed by atoms with Gasteiger partial charge in [0.1, 0.15) is 17.3 Å². The minimum absolute atomic E-state index is 0.129. The Bertz CT molecular complexity index is 561. The fourth-order valence-electron chi connectivity index (χ4n) is 2.15. The number of nitrogens with zero attached hydrogens (tertiary/aromatic N) is 2. The van der Waals surface area contributed by atoms with E-state index in [1.54, 1.807) is 26.6 Å². The van der Waals surface area contributed by atoms with Crippen molar-refractivity contribution in [3.8, 4) is 11.5 Å².